The lowest BCUT2D eigenvalue weighted by Gasteiger charge is -2.11. The molecular formula is C24H22N4O3. The largest absolute Gasteiger partial charge is 0.507 e. The summed E-state index contributed by atoms with van der Waals surface area (Å²) in [6.45, 7) is 2.36. The van der Waals surface area contributed by atoms with Gasteiger partial charge in [-0.25, -0.2) is 0 Å². The average molecular weight is 414 g/mol. The minimum Gasteiger partial charge on any atom is -0.507 e. The third-order valence-electron chi connectivity index (χ3n) is 4.72. The van der Waals surface area contributed by atoms with Crippen LogP contribution in [0.5, 0.6) is 17.2 Å². The molecule has 2 aromatic heterocycles. The van der Waals surface area contributed by atoms with Crippen LogP contribution in [0.2, 0.25) is 0 Å². The monoisotopic (exact) mass is 414 g/mol. The van der Waals surface area contributed by atoms with Gasteiger partial charge in [0.15, 0.2) is 0 Å². The first-order valence-electron chi connectivity index (χ1n) is 9.77. The molecule has 0 spiro atoms. The lowest BCUT2D eigenvalue weighted by molar-refractivity contribution is 0.0948. The lowest BCUT2D eigenvalue weighted by atomic mass is 10.1. The molecule has 0 saturated heterocycles. The van der Waals surface area contributed by atoms with E-state index in [4.69, 9.17) is 4.74 Å². The molecule has 0 radical (unpaired) electrons. The molecule has 4 rings (SSSR count). The highest BCUT2D eigenvalue weighted by Crippen LogP contribution is 2.29. The number of hydrogen-bond acceptors (Lipinski definition) is 5. The molecule has 0 aliphatic rings. The van der Waals surface area contributed by atoms with Gasteiger partial charge in [-0.2, -0.15) is 5.10 Å². The van der Waals surface area contributed by atoms with Crippen LogP contribution in [-0.2, 0) is 13.6 Å². The number of rotatable bonds is 6. The quantitative estimate of drug-likeness (QED) is 0.493. The fourth-order valence-corrected chi connectivity index (χ4v) is 3.18. The molecule has 4 aromatic rings. The summed E-state index contributed by atoms with van der Waals surface area (Å²) in [5.41, 5.74) is 3.84. The van der Waals surface area contributed by atoms with Crippen LogP contribution >= 0.6 is 0 Å². The smallest absolute Gasteiger partial charge is 0.255 e. The van der Waals surface area contributed by atoms with Crippen molar-refractivity contribution in [1.82, 2.24) is 20.1 Å². The number of ether oxygens (including phenoxy) is 1. The van der Waals surface area contributed by atoms with Gasteiger partial charge in [-0.3, -0.25) is 14.5 Å². The maximum Gasteiger partial charge on any atom is 0.255 e. The molecular weight excluding hydrogens is 392 g/mol. The molecule has 0 saturated carbocycles. The molecule has 0 fully saturated rings. The Bertz CT molecular complexity index is 1230. The van der Waals surface area contributed by atoms with E-state index in [-0.39, 0.29) is 17.2 Å². The van der Waals surface area contributed by atoms with Crippen molar-refractivity contribution < 1.29 is 14.6 Å². The maximum atomic E-state index is 12.6. The number of phenolic OH excluding ortho intramolecular Hbond substituents is 1. The summed E-state index contributed by atoms with van der Waals surface area (Å²) in [5.74, 6) is 0.502. The molecule has 0 unspecified atom stereocenters. The molecule has 0 atom stereocenters. The Kier molecular flexibility index (Phi) is 5.66. The SMILES string of the molecule is Cc1cccc(CNC(=O)c2cc(Oc3ccnc(-c4cnn(C)c4)c3)ccc2O)c1. The average Bonchev–Trinajstić information content (AvgIpc) is 3.20. The van der Waals surface area contributed by atoms with E-state index in [0.29, 0.717) is 18.0 Å². The third kappa shape index (κ3) is 4.90. The second-order valence-corrected chi connectivity index (χ2v) is 7.23. The van der Waals surface area contributed by atoms with Gasteiger partial charge in [-0.1, -0.05) is 29.8 Å². The summed E-state index contributed by atoms with van der Waals surface area (Å²) in [7, 11) is 1.84. The van der Waals surface area contributed by atoms with E-state index in [1.165, 1.54) is 12.1 Å². The molecule has 0 aliphatic carbocycles. The molecule has 7 nitrogen and oxygen atoms in total. The highest BCUT2D eigenvalue weighted by atomic mass is 16.5. The van der Waals surface area contributed by atoms with E-state index in [1.807, 2.05) is 44.4 Å². The number of nitrogens with one attached hydrogen (secondary N) is 1. The molecule has 156 valence electrons. The van der Waals surface area contributed by atoms with E-state index in [0.717, 1.165) is 22.4 Å². The number of pyridine rings is 1. The van der Waals surface area contributed by atoms with Gasteiger partial charge in [0, 0.05) is 37.6 Å². The van der Waals surface area contributed by atoms with Gasteiger partial charge in [0.2, 0.25) is 0 Å². The van der Waals surface area contributed by atoms with Gasteiger partial charge >= 0.3 is 0 Å². The van der Waals surface area contributed by atoms with Gasteiger partial charge in [-0.05, 0) is 36.8 Å². The number of nitrogens with zero attached hydrogens (tertiary/aromatic N) is 3. The zero-order valence-corrected chi connectivity index (χ0v) is 17.2. The third-order valence-corrected chi connectivity index (χ3v) is 4.72. The topological polar surface area (TPSA) is 89.3 Å². The van der Waals surface area contributed by atoms with Crippen molar-refractivity contribution in [3.05, 3.63) is 89.9 Å². The van der Waals surface area contributed by atoms with Crippen LogP contribution in [0.15, 0.2) is 73.2 Å². The van der Waals surface area contributed by atoms with Gasteiger partial charge < -0.3 is 15.2 Å². The summed E-state index contributed by atoms with van der Waals surface area (Å²) in [4.78, 5) is 17.0. The summed E-state index contributed by atoms with van der Waals surface area (Å²) in [6.07, 6.45) is 5.24. The normalized spacial score (nSPS) is 10.6. The Morgan fingerprint density at radius 3 is 2.74 bits per heavy atom. The summed E-state index contributed by atoms with van der Waals surface area (Å²) in [5, 5.41) is 17.2. The predicted molar refractivity (Wildman–Crippen MR) is 117 cm³/mol. The van der Waals surface area contributed by atoms with Crippen molar-refractivity contribution in [2.75, 3.05) is 0 Å². The molecule has 2 N–H and O–H groups in total. The molecule has 0 bridgehead atoms. The van der Waals surface area contributed by atoms with Crippen LogP contribution in [0.1, 0.15) is 21.5 Å². The number of aromatic hydroxyl groups is 1. The number of benzene rings is 2. The zero-order chi connectivity index (χ0) is 21.8. The van der Waals surface area contributed by atoms with Crippen LogP contribution in [0.25, 0.3) is 11.3 Å². The van der Waals surface area contributed by atoms with E-state index in [1.54, 1.807) is 35.3 Å². The Morgan fingerprint density at radius 2 is 1.97 bits per heavy atom. The second kappa shape index (κ2) is 8.71. The zero-order valence-electron chi connectivity index (χ0n) is 17.2. The fourth-order valence-electron chi connectivity index (χ4n) is 3.18. The van der Waals surface area contributed by atoms with Crippen LogP contribution in [0, 0.1) is 6.92 Å². The number of aromatic nitrogens is 3. The summed E-state index contributed by atoms with van der Waals surface area (Å²) in [6, 6.07) is 16.0. The molecule has 2 heterocycles. The van der Waals surface area contributed by atoms with Gasteiger partial charge in [0.1, 0.15) is 17.2 Å². The van der Waals surface area contributed by atoms with Crippen molar-refractivity contribution in [1.29, 1.82) is 0 Å². The number of amides is 1. The lowest BCUT2D eigenvalue weighted by Crippen LogP contribution is -2.22. The number of hydrogen-bond donors (Lipinski definition) is 2. The van der Waals surface area contributed by atoms with E-state index < -0.39 is 0 Å². The first-order chi connectivity index (χ1) is 15.0. The first kappa shape index (κ1) is 20.2. The number of carbonyl (C=O) groups excluding carboxylic acids is 1. The minimum atomic E-state index is -0.379. The van der Waals surface area contributed by atoms with Crippen molar-refractivity contribution in [2.45, 2.75) is 13.5 Å². The summed E-state index contributed by atoms with van der Waals surface area (Å²) >= 11 is 0. The fraction of sp³-hybridized carbons (Fsp3) is 0.125. The van der Waals surface area contributed by atoms with Crippen molar-refractivity contribution in [2.24, 2.45) is 7.05 Å². The number of phenols is 1. The van der Waals surface area contributed by atoms with Crippen molar-refractivity contribution in [3.63, 3.8) is 0 Å². The minimum absolute atomic E-state index is 0.111. The standard InChI is InChI=1S/C24H22N4O3/c1-16-4-3-5-17(10-16)13-26-24(30)21-11-19(6-7-23(21)29)31-20-8-9-25-22(12-20)18-14-27-28(2)15-18/h3-12,14-15,29H,13H2,1-2H3,(H,26,30). The highest BCUT2D eigenvalue weighted by Gasteiger charge is 2.13. The second-order valence-electron chi connectivity index (χ2n) is 7.23. The Labute approximate surface area is 180 Å². The maximum absolute atomic E-state index is 12.6. The van der Waals surface area contributed by atoms with Crippen LogP contribution in [-0.4, -0.2) is 25.8 Å². The van der Waals surface area contributed by atoms with E-state index in [2.05, 4.69) is 15.4 Å². The van der Waals surface area contributed by atoms with E-state index >= 15 is 0 Å². The van der Waals surface area contributed by atoms with Gasteiger partial charge in [-0.15, -0.1) is 0 Å². The molecule has 31 heavy (non-hydrogen) atoms. The first-order valence-corrected chi connectivity index (χ1v) is 9.77. The van der Waals surface area contributed by atoms with Crippen LogP contribution in [0.4, 0.5) is 0 Å². The van der Waals surface area contributed by atoms with Crippen molar-refractivity contribution in [3.8, 4) is 28.5 Å². The van der Waals surface area contributed by atoms with E-state index in [9.17, 15) is 9.90 Å². The van der Waals surface area contributed by atoms with Crippen molar-refractivity contribution >= 4 is 5.91 Å². The summed E-state index contributed by atoms with van der Waals surface area (Å²) < 4.78 is 7.61. The Morgan fingerprint density at radius 1 is 1.13 bits per heavy atom. The molecule has 1 amide bonds. The molecule has 2 aromatic carbocycles. The highest BCUT2D eigenvalue weighted by molar-refractivity contribution is 5.97. The number of carbonyl (C=O) groups is 1. The van der Waals surface area contributed by atoms with Crippen LogP contribution in [0.3, 0.4) is 0 Å². The Balaban J connectivity index is 1.49. The Hall–Kier alpha value is -4.13. The number of aryl methyl sites for hydroxylation is 2. The predicted octanol–water partition coefficient (Wildman–Crippen LogP) is 4.22. The molecule has 7 heteroatoms. The van der Waals surface area contributed by atoms with Crippen LogP contribution < -0.4 is 10.1 Å². The van der Waals surface area contributed by atoms with Gasteiger partial charge in [0.25, 0.3) is 5.91 Å². The molecule has 0 aliphatic heterocycles. The van der Waals surface area contributed by atoms with Gasteiger partial charge in [0.05, 0.1) is 17.5 Å².